The fourth-order valence-electron chi connectivity index (χ4n) is 4.29. The molecule has 6 heteroatoms. The highest BCUT2D eigenvalue weighted by molar-refractivity contribution is 9.10. The van der Waals surface area contributed by atoms with E-state index in [9.17, 15) is 4.79 Å². The molecule has 1 amide bonds. The van der Waals surface area contributed by atoms with E-state index < -0.39 is 5.60 Å². The van der Waals surface area contributed by atoms with Gasteiger partial charge >= 0.3 is 0 Å². The maximum Gasteiger partial charge on any atom is 0.219 e. The number of hydrogen-bond donors (Lipinski definition) is 0. The van der Waals surface area contributed by atoms with E-state index in [4.69, 9.17) is 21.1 Å². The van der Waals surface area contributed by atoms with Crippen molar-refractivity contribution in [2.45, 2.75) is 38.3 Å². The Balaban J connectivity index is 1.67. The molecule has 0 unspecified atom stereocenters. The predicted octanol–water partition coefficient (Wildman–Crippen LogP) is 6.35. The van der Waals surface area contributed by atoms with Crippen molar-refractivity contribution in [1.82, 2.24) is 4.90 Å². The molecule has 3 aromatic carbocycles. The average Bonchev–Trinajstić information content (AvgIpc) is 2.83. The summed E-state index contributed by atoms with van der Waals surface area (Å²) in [5.41, 5.74) is 2.44. The molecule has 0 N–H and O–H groups in total. The number of carbonyl (C=O) groups excluding carboxylic acids is 1. The minimum atomic E-state index is -0.710. The van der Waals surface area contributed by atoms with E-state index in [-0.39, 0.29) is 12.0 Å². The normalized spacial score (nSPS) is 20.6. The Bertz CT molecular complexity index is 1080. The van der Waals surface area contributed by atoms with Gasteiger partial charge in [0.1, 0.15) is 11.7 Å². The molecule has 0 aromatic heterocycles. The van der Waals surface area contributed by atoms with Crippen molar-refractivity contribution >= 4 is 33.4 Å². The monoisotopic (exact) mass is 527 g/mol. The van der Waals surface area contributed by atoms with Crippen LogP contribution in [0.2, 0.25) is 5.02 Å². The van der Waals surface area contributed by atoms with Crippen LogP contribution in [0.25, 0.3) is 0 Å². The van der Waals surface area contributed by atoms with E-state index in [1.165, 1.54) is 0 Å². The maximum atomic E-state index is 12.2. The Hall–Kier alpha value is -2.18. The van der Waals surface area contributed by atoms with Crippen molar-refractivity contribution in [2.75, 3.05) is 13.1 Å². The summed E-state index contributed by atoms with van der Waals surface area (Å²) in [6.45, 7) is 3.52. The topological polar surface area (TPSA) is 38.8 Å². The Morgan fingerprint density at radius 2 is 1.76 bits per heavy atom. The van der Waals surface area contributed by atoms with E-state index in [1.54, 1.807) is 6.92 Å². The molecule has 33 heavy (non-hydrogen) atoms. The summed E-state index contributed by atoms with van der Waals surface area (Å²) in [4.78, 5) is 14.1. The van der Waals surface area contributed by atoms with Gasteiger partial charge in [0.25, 0.3) is 0 Å². The van der Waals surface area contributed by atoms with Crippen molar-refractivity contribution in [3.05, 3.63) is 105 Å². The highest BCUT2D eigenvalue weighted by Crippen LogP contribution is 2.40. The van der Waals surface area contributed by atoms with Gasteiger partial charge in [0.2, 0.25) is 5.91 Å². The second-order valence-electron chi connectivity index (χ2n) is 8.32. The lowest BCUT2D eigenvalue weighted by Gasteiger charge is -2.47. The largest absolute Gasteiger partial charge is 0.368 e. The number of hydrogen-bond acceptors (Lipinski definition) is 3. The summed E-state index contributed by atoms with van der Waals surface area (Å²) in [5, 5.41) is 0.671. The van der Waals surface area contributed by atoms with Gasteiger partial charge in [-0.3, -0.25) is 4.79 Å². The van der Waals surface area contributed by atoms with Crippen LogP contribution in [0.15, 0.2) is 83.3 Å². The van der Waals surface area contributed by atoms with E-state index in [2.05, 4.69) is 28.1 Å². The molecule has 0 spiro atoms. The molecule has 4 rings (SSSR count). The maximum absolute atomic E-state index is 12.2. The van der Waals surface area contributed by atoms with Crippen LogP contribution in [0.4, 0.5) is 0 Å². The lowest BCUT2D eigenvalue weighted by molar-refractivity contribution is -0.195. The second-order valence-corrected chi connectivity index (χ2v) is 9.67. The summed E-state index contributed by atoms with van der Waals surface area (Å²) in [6.07, 6.45) is 0.281. The van der Waals surface area contributed by atoms with Gasteiger partial charge in [0, 0.05) is 29.4 Å². The van der Waals surface area contributed by atoms with Crippen molar-refractivity contribution < 1.29 is 14.3 Å². The molecule has 3 aromatic rings. The van der Waals surface area contributed by atoms with Gasteiger partial charge in [-0.2, -0.15) is 0 Å². The van der Waals surface area contributed by atoms with Gasteiger partial charge in [-0.25, -0.2) is 0 Å². The summed E-state index contributed by atoms with van der Waals surface area (Å²) < 4.78 is 14.2. The molecule has 1 fully saturated rings. The number of carbonyl (C=O) groups is 1. The predicted molar refractivity (Wildman–Crippen MR) is 134 cm³/mol. The minimum absolute atomic E-state index is 0.0406. The SMILES string of the molecule is CC(=O)N1CC[C@](OCc2ccccc2)(c2ccc(Cl)cc2)[C@@H](OCc2cccc(Br)c2)C1. The Morgan fingerprint density at radius 1 is 1.03 bits per heavy atom. The molecule has 0 radical (unpaired) electrons. The minimum Gasteiger partial charge on any atom is -0.368 e. The first kappa shape index (κ1) is 24.0. The highest BCUT2D eigenvalue weighted by Gasteiger charge is 2.47. The molecule has 1 aliphatic heterocycles. The zero-order chi connectivity index (χ0) is 23.3. The molecule has 0 bridgehead atoms. The number of rotatable bonds is 7. The standard InChI is InChI=1S/C27H27BrClNO3/c1-20(31)30-15-14-27(23-10-12-25(29)13-11-23,33-19-21-6-3-2-4-7-21)26(17-30)32-18-22-8-5-9-24(28)16-22/h2-13,16,26H,14-15,17-19H2,1H3/t26-,27-/m0/s1. The molecule has 1 heterocycles. The van der Waals surface area contributed by atoms with Crippen LogP contribution in [0, 0.1) is 0 Å². The van der Waals surface area contributed by atoms with Crippen LogP contribution in [-0.2, 0) is 33.1 Å². The summed E-state index contributed by atoms with van der Waals surface area (Å²) in [7, 11) is 0. The number of halogens is 2. The number of amides is 1. The molecule has 0 aliphatic carbocycles. The van der Waals surface area contributed by atoms with Gasteiger partial charge in [-0.05, 0) is 41.0 Å². The first-order valence-corrected chi connectivity index (χ1v) is 12.2. The number of piperidine rings is 1. The zero-order valence-electron chi connectivity index (χ0n) is 18.5. The van der Waals surface area contributed by atoms with E-state index in [1.807, 2.05) is 71.6 Å². The van der Waals surface area contributed by atoms with Gasteiger partial charge in [0.15, 0.2) is 0 Å². The first-order valence-electron chi connectivity index (χ1n) is 11.0. The summed E-state index contributed by atoms with van der Waals surface area (Å²) in [6, 6.07) is 25.9. The lowest BCUT2D eigenvalue weighted by atomic mass is 9.81. The highest BCUT2D eigenvalue weighted by atomic mass is 79.9. The first-order chi connectivity index (χ1) is 16.0. The average molecular weight is 529 g/mol. The number of benzene rings is 3. The van der Waals surface area contributed by atoms with Crippen LogP contribution in [-0.4, -0.2) is 30.0 Å². The Labute approximate surface area is 208 Å². The van der Waals surface area contributed by atoms with E-state index in [0.29, 0.717) is 37.7 Å². The van der Waals surface area contributed by atoms with Gasteiger partial charge in [-0.15, -0.1) is 0 Å². The number of likely N-dealkylation sites (tertiary alicyclic amines) is 1. The van der Waals surface area contributed by atoms with Gasteiger partial charge in [0.05, 0.1) is 19.8 Å². The molecule has 172 valence electrons. The molecule has 1 saturated heterocycles. The third kappa shape index (κ3) is 5.85. The molecule has 0 saturated carbocycles. The van der Waals surface area contributed by atoms with Crippen molar-refractivity contribution in [3.63, 3.8) is 0 Å². The second kappa shape index (κ2) is 10.8. The molecular formula is C27H27BrClNO3. The quantitative estimate of drug-likeness (QED) is 0.359. The molecule has 1 aliphatic rings. The molecule has 2 atom stereocenters. The van der Waals surface area contributed by atoms with Crippen LogP contribution >= 0.6 is 27.5 Å². The van der Waals surface area contributed by atoms with E-state index >= 15 is 0 Å². The smallest absolute Gasteiger partial charge is 0.219 e. The number of nitrogens with zero attached hydrogens (tertiary/aromatic N) is 1. The summed E-state index contributed by atoms with van der Waals surface area (Å²) >= 11 is 9.72. The van der Waals surface area contributed by atoms with Crippen LogP contribution in [0.3, 0.4) is 0 Å². The van der Waals surface area contributed by atoms with Crippen LogP contribution < -0.4 is 0 Å². The number of ether oxygens (including phenoxy) is 2. The van der Waals surface area contributed by atoms with E-state index in [0.717, 1.165) is 21.2 Å². The molecular weight excluding hydrogens is 502 g/mol. The molecule has 4 nitrogen and oxygen atoms in total. The van der Waals surface area contributed by atoms with Crippen molar-refractivity contribution in [2.24, 2.45) is 0 Å². The lowest BCUT2D eigenvalue weighted by Crippen LogP contribution is -2.56. The van der Waals surface area contributed by atoms with Gasteiger partial charge < -0.3 is 14.4 Å². The third-order valence-electron chi connectivity index (χ3n) is 6.12. The third-order valence-corrected chi connectivity index (χ3v) is 6.86. The fourth-order valence-corrected chi connectivity index (χ4v) is 4.87. The van der Waals surface area contributed by atoms with Crippen molar-refractivity contribution in [3.8, 4) is 0 Å². The van der Waals surface area contributed by atoms with Crippen LogP contribution in [0.5, 0.6) is 0 Å². The summed E-state index contributed by atoms with van der Waals surface area (Å²) in [5.74, 6) is 0.0406. The van der Waals surface area contributed by atoms with Crippen molar-refractivity contribution in [1.29, 1.82) is 0 Å². The van der Waals surface area contributed by atoms with Gasteiger partial charge in [-0.1, -0.05) is 82.1 Å². The fraction of sp³-hybridized carbons (Fsp3) is 0.296. The Kier molecular flexibility index (Phi) is 7.86. The zero-order valence-corrected chi connectivity index (χ0v) is 20.9. The van der Waals surface area contributed by atoms with Crippen LogP contribution in [0.1, 0.15) is 30.0 Å². The Morgan fingerprint density at radius 3 is 2.45 bits per heavy atom.